The van der Waals surface area contributed by atoms with Crippen molar-refractivity contribution in [3.8, 4) is 17.2 Å². The number of likely N-dealkylation sites (N-methyl/N-ethyl adjacent to an activating group) is 1. The van der Waals surface area contributed by atoms with Gasteiger partial charge in [-0.05, 0) is 71.7 Å². The minimum Gasteiger partial charge on any atom is -0.451 e. The third-order valence-electron chi connectivity index (χ3n) is 7.64. The number of benzene rings is 2. The number of nitrogens with zero attached hydrogens (tertiary/aromatic N) is 4. The number of halogens is 1. The van der Waals surface area contributed by atoms with E-state index in [1.807, 2.05) is 32.3 Å². The number of para-hydroxylation sites is 2. The van der Waals surface area contributed by atoms with Gasteiger partial charge in [0, 0.05) is 45.5 Å². The van der Waals surface area contributed by atoms with Gasteiger partial charge in [-0.2, -0.15) is 0 Å². The van der Waals surface area contributed by atoms with Gasteiger partial charge in [-0.25, -0.2) is 4.39 Å². The lowest BCUT2D eigenvalue weighted by Crippen LogP contribution is -2.44. The second-order valence-electron chi connectivity index (χ2n) is 11.0. The van der Waals surface area contributed by atoms with Crippen molar-refractivity contribution in [1.29, 1.82) is 0 Å². The predicted molar refractivity (Wildman–Crippen MR) is 157 cm³/mol. The Bertz CT molecular complexity index is 1430. The first-order valence-electron chi connectivity index (χ1n) is 14.1. The van der Waals surface area contributed by atoms with E-state index in [0.717, 1.165) is 58.5 Å². The Balaban J connectivity index is 1.41. The molecule has 2 aliphatic rings. The number of aromatic nitrogens is 1. The van der Waals surface area contributed by atoms with Crippen molar-refractivity contribution >= 4 is 22.5 Å². The van der Waals surface area contributed by atoms with Crippen LogP contribution in [0.2, 0.25) is 0 Å². The van der Waals surface area contributed by atoms with Gasteiger partial charge in [-0.3, -0.25) is 9.59 Å². The van der Waals surface area contributed by atoms with Crippen LogP contribution in [-0.4, -0.2) is 98.7 Å². The summed E-state index contributed by atoms with van der Waals surface area (Å²) < 4.78 is 23.6. The normalized spacial score (nSPS) is 15.2. The predicted octanol–water partition coefficient (Wildman–Crippen LogP) is 3.36. The molecule has 5 rings (SSSR count). The van der Waals surface area contributed by atoms with Crippen LogP contribution in [0.25, 0.3) is 16.6 Å². The highest BCUT2D eigenvalue weighted by molar-refractivity contribution is 6.01. The van der Waals surface area contributed by atoms with Crippen molar-refractivity contribution in [3.63, 3.8) is 0 Å². The van der Waals surface area contributed by atoms with Gasteiger partial charge in [0.25, 0.3) is 5.91 Å². The molecule has 0 bridgehead atoms. The van der Waals surface area contributed by atoms with Crippen molar-refractivity contribution in [3.05, 3.63) is 58.1 Å². The molecule has 214 valence electrons. The van der Waals surface area contributed by atoms with Crippen LogP contribution in [0.3, 0.4) is 0 Å². The summed E-state index contributed by atoms with van der Waals surface area (Å²) in [4.78, 5) is 33.4. The summed E-state index contributed by atoms with van der Waals surface area (Å²) in [6, 6.07) is 8.59. The van der Waals surface area contributed by atoms with Gasteiger partial charge >= 0.3 is 0 Å². The van der Waals surface area contributed by atoms with Crippen LogP contribution < -0.4 is 20.8 Å². The molecule has 2 N–H and O–H groups in total. The average molecular weight is 551 g/mol. The molecule has 1 amide bonds. The molecule has 0 spiro atoms. The number of carbonyl (C=O) groups is 1. The molecule has 0 radical (unpaired) electrons. The van der Waals surface area contributed by atoms with E-state index in [1.165, 1.54) is 6.07 Å². The van der Waals surface area contributed by atoms with Crippen molar-refractivity contribution in [1.82, 2.24) is 24.6 Å². The average Bonchev–Trinajstić information content (AvgIpc) is 2.94. The van der Waals surface area contributed by atoms with E-state index < -0.39 is 17.2 Å². The molecular weight excluding hydrogens is 511 g/mol. The third kappa shape index (κ3) is 5.99. The lowest BCUT2D eigenvalue weighted by molar-refractivity contribution is 0.0951. The molecule has 0 atom stereocenters. The van der Waals surface area contributed by atoms with E-state index in [2.05, 4.69) is 32.4 Å². The first-order valence-corrected chi connectivity index (χ1v) is 14.1. The van der Waals surface area contributed by atoms with E-state index >= 15 is 4.39 Å². The maximum atomic E-state index is 15.6. The topological polar surface area (TPSA) is 82.1 Å². The number of hydrogen-bond acceptors (Lipinski definition) is 7. The number of unbranched alkanes of at least 4 members (excludes halogenated alkanes) is 1. The van der Waals surface area contributed by atoms with Crippen LogP contribution in [0.5, 0.6) is 11.5 Å². The molecule has 40 heavy (non-hydrogen) atoms. The number of fused-ring (bicyclic) bond motifs is 2. The molecular formula is C30H39FN6O3. The smallest absolute Gasteiger partial charge is 0.256 e. The summed E-state index contributed by atoms with van der Waals surface area (Å²) in [5.74, 6) is -0.244. The molecule has 3 heterocycles. The summed E-state index contributed by atoms with van der Waals surface area (Å²) >= 11 is 0. The van der Waals surface area contributed by atoms with Crippen LogP contribution in [0.15, 0.2) is 41.3 Å². The summed E-state index contributed by atoms with van der Waals surface area (Å²) in [6.07, 6.45) is 4.13. The Morgan fingerprint density at radius 1 is 1.07 bits per heavy atom. The number of ether oxygens (including phenoxy) is 1. The molecule has 0 saturated carbocycles. The number of rotatable bonds is 11. The minimum atomic E-state index is -0.577. The summed E-state index contributed by atoms with van der Waals surface area (Å²) in [6.45, 7) is 7.04. The number of hydrogen-bond donors (Lipinski definition) is 2. The first kappa shape index (κ1) is 28.1. The van der Waals surface area contributed by atoms with Crippen molar-refractivity contribution in [2.75, 3.05) is 78.8 Å². The molecule has 2 aliphatic heterocycles. The van der Waals surface area contributed by atoms with E-state index in [9.17, 15) is 9.59 Å². The molecule has 0 unspecified atom stereocenters. The number of piperazine rings is 1. The van der Waals surface area contributed by atoms with Gasteiger partial charge in [0.05, 0.1) is 11.1 Å². The molecule has 0 aliphatic carbocycles. The monoisotopic (exact) mass is 550 g/mol. The zero-order valence-corrected chi connectivity index (χ0v) is 23.6. The molecule has 1 fully saturated rings. The molecule has 1 aromatic heterocycles. The summed E-state index contributed by atoms with van der Waals surface area (Å²) in [5.41, 5.74) is 0.838. The molecule has 9 nitrogen and oxygen atoms in total. The van der Waals surface area contributed by atoms with E-state index in [0.29, 0.717) is 30.0 Å². The summed E-state index contributed by atoms with van der Waals surface area (Å²) in [7, 11) is 6.14. The first-order chi connectivity index (χ1) is 19.3. The number of carbonyl (C=O) groups excluding carboxylic acids is 1. The Labute approximate surface area is 234 Å². The molecule has 3 aromatic rings. The van der Waals surface area contributed by atoms with Crippen molar-refractivity contribution in [2.45, 2.75) is 19.3 Å². The number of anilines is 1. The number of pyridine rings is 1. The SMILES string of the molecule is CN(C)CCCCNC(=O)c1cn2c3c(c(NCCCN4CCN(C)CC4)c(F)cc3c1=O)Oc1ccccc1-2. The lowest BCUT2D eigenvalue weighted by Gasteiger charge is -2.32. The Hall–Kier alpha value is -3.47. The highest BCUT2D eigenvalue weighted by atomic mass is 19.1. The van der Waals surface area contributed by atoms with E-state index in [4.69, 9.17) is 4.74 Å². The van der Waals surface area contributed by atoms with Crippen molar-refractivity contribution < 1.29 is 13.9 Å². The molecule has 1 saturated heterocycles. The van der Waals surface area contributed by atoms with Gasteiger partial charge in [0.1, 0.15) is 16.8 Å². The van der Waals surface area contributed by atoms with E-state index in [1.54, 1.807) is 16.8 Å². The van der Waals surface area contributed by atoms with Crippen LogP contribution in [0.4, 0.5) is 10.1 Å². The van der Waals surface area contributed by atoms with Crippen LogP contribution >= 0.6 is 0 Å². The fourth-order valence-corrected chi connectivity index (χ4v) is 5.33. The van der Waals surface area contributed by atoms with Gasteiger partial charge in [0.2, 0.25) is 5.43 Å². The zero-order chi connectivity index (χ0) is 28.2. The van der Waals surface area contributed by atoms with Gasteiger partial charge in [-0.15, -0.1) is 0 Å². The lowest BCUT2D eigenvalue weighted by atomic mass is 10.1. The maximum Gasteiger partial charge on any atom is 0.256 e. The number of nitrogens with one attached hydrogen (secondary N) is 2. The van der Waals surface area contributed by atoms with Crippen LogP contribution in [0, 0.1) is 5.82 Å². The quantitative estimate of drug-likeness (QED) is 0.277. The van der Waals surface area contributed by atoms with Gasteiger partial charge in [-0.1, -0.05) is 12.1 Å². The maximum absolute atomic E-state index is 15.6. The summed E-state index contributed by atoms with van der Waals surface area (Å²) in [5, 5.41) is 6.21. The molecule has 2 aromatic carbocycles. The zero-order valence-electron chi connectivity index (χ0n) is 23.6. The molecule has 10 heteroatoms. The fraction of sp³-hybridized carbons (Fsp3) is 0.467. The Morgan fingerprint density at radius 2 is 1.85 bits per heavy atom. The standard InChI is InChI=1S/C30H39FN6O3/c1-34(2)13-7-6-11-33-30(39)22-20-37-24-9-4-5-10-25(24)40-29-26(23(31)19-21(27(29)37)28(22)38)32-12-8-14-36-17-15-35(3)16-18-36/h4-5,9-10,19-20,32H,6-8,11-18H2,1-3H3,(H,33,39). The largest absolute Gasteiger partial charge is 0.451 e. The van der Waals surface area contributed by atoms with Gasteiger partial charge < -0.3 is 34.6 Å². The van der Waals surface area contributed by atoms with E-state index in [-0.39, 0.29) is 22.4 Å². The fourth-order valence-electron chi connectivity index (χ4n) is 5.33. The van der Waals surface area contributed by atoms with Crippen LogP contribution in [-0.2, 0) is 0 Å². The van der Waals surface area contributed by atoms with Crippen molar-refractivity contribution in [2.24, 2.45) is 0 Å². The Morgan fingerprint density at radius 3 is 2.62 bits per heavy atom. The Kier molecular flexibility index (Phi) is 8.68. The second kappa shape index (κ2) is 12.4. The number of amides is 1. The van der Waals surface area contributed by atoms with Gasteiger partial charge in [0.15, 0.2) is 17.3 Å². The third-order valence-corrected chi connectivity index (χ3v) is 7.64. The second-order valence-corrected chi connectivity index (χ2v) is 11.0. The highest BCUT2D eigenvalue weighted by Gasteiger charge is 2.28. The highest BCUT2D eigenvalue weighted by Crippen LogP contribution is 2.45. The van der Waals surface area contributed by atoms with Crippen LogP contribution in [0.1, 0.15) is 29.6 Å². The minimum absolute atomic E-state index is 0.0185.